The quantitative estimate of drug-likeness (QED) is 0.539. The van der Waals surface area contributed by atoms with Crippen molar-refractivity contribution in [1.82, 2.24) is 0 Å². The second kappa shape index (κ2) is 2.24. The molecule has 2 rings (SSSR count). The van der Waals surface area contributed by atoms with Gasteiger partial charge in [-0.1, -0.05) is 20.8 Å². The fraction of sp³-hybridized carbons (Fsp3) is 1.00. The summed E-state index contributed by atoms with van der Waals surface area (Å²) < 4.78 is 0. The molecule has 11 heavy (non-hydrogen) atoms. The molecule has 0 aliphatic heterocycles. The molecule has 3 unspecified atom stereocenters. The summed E-state index contributed by atoms with van der Waals surface area (Å²) in [5, 5.41) is 0. The van der Waals surface area contributed by atoms with Crippen LogP contribution in [0.5, 0.6) is 0 Å². The van der Waals surface area contributed by atoms with E-state index in [4.69, 9.17) is 0 Å². The van der Waals surface area contributed by atoms with Gasteiger partial charge in [0.2, 0.25) is 0 Å². The lowest BCUT2D eigenvalue weighted by Gasteiger charge is -2.32. The van der Waals surface area contributed by atoms with Crippen LogP contribution in [0.2, 0.25) is 0 Å². The molecule has 2 fully saturated rings. The van der Waals surface area contributed by atoms with E-state index < -0.39 is 0 Å². The summed E-state index contributed by atoms with van der Waals surface area (Å²) in [7, 11) is 0. The van der Waals surface area contributed by atoms with E-state index in [9.17, 15) is 0 Å². The third-order valence-corrected chi connectivity index (χ3v) is 4.44. The monoisotopic (exact) mass is 152 g/mol. The zero-order valence-corrected chi connectivity index (χ0v) is 8.06. The molecule has 2 saturated carbocycles. The highest BCUT2D eigenvalue weighted by Gasteiger charge is 2.49. The predicted octanol–water partition coefficient (Wildman–Crippen LogP) is 3.47. The minimum Gasteiger partial charge on any atom is -0.0622 e. The Morgan fingerprint density at radius 1 is 1.27 bits per heavy atom. The van der Waals surface area contributed by atoms with Gasteiger partial charge in [-0.15, -0.1) is 0 Å². The van der Waals surface area contributed by atoms with E-state index in [-0.39, 0.29) is 0 Å². The van der Waals surface area contributed by atoms with Gasteiger partial charge >= 0.3 is 0 Å². The van der Waals surface area contributed by atoms with Crippen LogP contribution in [0.3, 0.4) is 0 Å². The Morgan fingerprint density at radius 2 is 2.00 bits per heavy atom. The van der Waals surface area contributed by atoms with Crippen LogP contribution >= 0.6 is 0 Å². The number of hydrogen-bond donors (Lipinski definition) is 0. The molecule has 0 aromatic heterocycles. The van der Waals surface area contributed by atoms with Crippen molar-refractivity contribution in [3.63, 3.8) is 0 Å². The van der Waals surface area contributed by atoms with Crippen molar-refractivity contribution >= 4 is 0 Å². The lowest BCUT2D eigenvalue weighted by molar-refractivity contribution is 0.179. The molecule has 0 aromatic rings. The Kier molecular flexibility index (Phi) is 1.56. The highest BCUT2D eigenvalue weighted by Crippen LogP contribution is 2.60. The van der Waals surface area contributed by atoms with Gasteiger partial charge < -0.3 is 0 Å². The van der Waals surface area contributed by atoms with E-state index in [1.54, 1.807) is 6.42 Å². The van der Waals surface area contributed by atoms with E-state index >= 15 is 0 Å². The van der Waals surface area contributed by atoms with Crippen molar-refractivity contribution in [2.24, 2.45) is 23.2 Å². The summed E-state index contributed by atoms with van der Waals surface area (Å²) in [4.78, 5) is 0. The maximum atomic E-state index is 2.45. The second-order valence-corrected chi connectivity index (χ2v) is 5.20. The van der Waals surface area contributed by atoms with Gasteiger partial charge in [0.25, 0.3) is 0 Å². The normalized spacial score (nSPS) is 49.1. The molecule has 0 aromatic carbocycles. The lowest BCUT2D eigenvalue weighted by atomic mass is 9.73. The zero-order chi connectivity index (χ0) is 8.06. The molecule has 2 aliphatic rings. The number of rotatable bonds is 1. The molecule has 0 heterocycles. The van der Waals surface area contributed by atoms with Crippen LogP contribution in [0, 0.1) is 23.2 Å². The molecule has 64 valence electrons. The highest BCUT2D eigenvalue weighted by molar-refractivity contribution is 5.00. The Labute approximate surface area is 70.4 Å². The SMILES string of the molecule is CC1CC2(C(C)C)CCC1C2. The second-order valence-electron chi connectivity index (χ2n) is 5.20. The molecule has 0 nitrogen and oxygen atoms in total. The fourth-order valence-electron chi connectivity index (χ4n) is 3.44. The van der Waals surface area contributed by atoms with Crippen molar-refractivity contribution < 1.29 is 0 Å². The predicted molar refractivity (Wildman–Crippen MR) is 48.4 cm³/mol. The zero-order valence-electron chi connectivity index (χ0n) is 8.06. The molecule has 2 bridgehead atoms. The molecule has 2 aliphatic carbocycles. The maximum absolute atomic E-state index is 2.45. The molecule has 0 saturated heterocycles. The van der Waals surface area contributed by atoms with Crippen LogP contribution < -0.4 is 0 Å². The largest absolute Gasteiger partial charge is 0.0622 e. The fourth-order valence-corrected chi connectivity index (χ4v) is 3.44. The van der Waals surface area contributed by atoms with E-state index in [0.717, 1.165) is 23.2 Å². The minimum atomic E-state index is 0.782. The van der Waals surface area contributed by atoms with Gasteiger partial charge in [-0.2, -0.15) is 0 Å². The summed E-state index contributed by atoms with van der Waals surface area (Å²) >= 11 is 0. The van der Waals surface area contributed by atoms with Crippen LogP contribution in [-0.4, -0.2) is 0 Å². The summed E-state index contributed by atoms with van der Waals surface area (Å²) in [6, 6.07) is 0. The molecule has 0 amide bonds. The van der Waals surface area contributed by atoms with Crippen LogP contribution in [0.15, 0.2) is 0 Å². The Hall–Kier alpha value is 0. The average molecular weight is 152 g/mol. The van der Waals surface area contributed by atoms with Crippen LogP contribution in [-0.2, 0) is 0 Å². The molecular weight excluding hydrogens is 132 g/mol. The van der Waals surface area contributed by atoms with Gasteiger partial charge in [-0.05, 0) is 48.9 Å². The first-order valence-corrected chi connectivity index (χ1v) is 5.14. The van der Waals surface area contributed by atoms with Gasteiger partial charge in [0, 0.05) is 0 Å². The van der Waals surface area contributed by atoms with Crippen molar-refractivity contribution in [2.45, 2.75) is 46.5 Å². The van der Waals surface area contributed by atoms with E-state index in [2.05, 4.69) is 20.8 Å². The van der Waals surface area contributed by atoms with Gasteiger partial charge in [-0.3, -0.25) is 0 Å². The molecule has 3 atom stereocenters. The standard InChI is InChI=1S/C11H20/c1-8(2)11-5-4-10(7-11)9(3)6-11/h8-10H,4-7H2,1-3H3. The van der Waals surface area contributed by atoms with Crippen molar-refractivity contribution in [3.8, 4) is 0 Å². The van der Waals surface area contributed by atoms with E-state index in [0.29, 0.717) is 0 Å². The number of hydrogen-bond acceptors (Lipinski definition) is 0. The Balaban J connectivity index is 2.17. The molecule has 0 radical (unpaired) electrons. The summed E-state index contributed by atoms with van der Waals surface area (Å²) in [6.07, 6.45) is 6.13. The summed E-state index contributed by atoms with van der Waals surface area (Å²) in [5.74, 6) is 3.06. The first kappa shape index (κ1) is 7.64. The molecule has 0 heteroatoms. The van der Waals surface area contributed by atoms with Crippen molar-refractivity contribution in [2.75, 3.05) is 0 Å². The van der Waals surface area contributed by atoms with Gasteiger partial charge in [0.15, 0.2) is 0 Å². The maximum Gasteiger partial charge on any atom is -0.0269 e. The van der Waals surface area contributed by atoms with Crippen LogP contribution in [0.1, 0.15) is 46.5 Å². The summed E-state index contributed by atoms with van der Waals surface area (Å²) in [5.41, 5.74) is 0.782. The summed E-state index contributed by atoms with van der Waals surface area (Å²) in [6.45, 7) is 7.29. The van der Waals surface area contributed by atoms with Crippen molar-refractivity contribution in [1.29, 1.82) is 0 Å². The van der Waals surface area contributed by atoms with Gasteiger partial charge in [0.1, 0.15) is 0 Å². The Bertz CT molecular complexity index is 155. The van der Waals surface area contributed by atoms with Gasteiger partial charge in [-0.25, -0.2) is 0 Å². The average Bonchev–Trinajstić information content (AvgIpc) is 2.44. The topological polar surface area (TPSA) is 0 Å². The van der Waals surface area contributed by atoms with E-state index in [1.807, 2.05) is 0 Å². The van der Waals surface area contributed by atoms with Gasteiger partial charge in [0.05, 0.1) is 0 Å². The lowest BCUT2D eigenvalue weighted by Crippen LogP contribution is -2.23. The smallest absolute Gasteiger partial charge is 0.0269 e. The third-order valence-electron chi connectivity index (χ3n) is 4.44. The first-order valence-electron chi connectivity index (χ1n) is 5.14. The Morgan fingerprint density at radius 3 is 2.27 bits per heavy atom. The van der Waals surface area contributed by atoms with Crippen molar-refractivity contribution in [3.05, 3.63) is 0 Å². The molecule has 0 N–H and O–H groups in total. The number of fused-ring (bicyclic) bond motifs is 2. The highest BCUT2D eigenvalue weighted by atomic mass is 14.5. The molecular formula is C11H20. The molecule has 0 spiro atoms. The first-order chi connectivity index (χ1) is 5.14. The third kappa shape index (κ3) is 0.947. The van der Waals surface area contributed by atoms with Crippen LogP contribution in [0.25, 0.3) is 0 Å². The van der Waals surface area contributed by atoms with E-state index in [1.165, 1.54) is 19.3 Å². The minimum absolute atomic E-state index is 0.782. The van der Waals surface area contributed by atoms with Crippen LogP contribution in [0.4, 0.5) is 0 Å².